The van der Waals surface area contributed by atoms with E-state index in [4.69, 9.17) is 0 Å². The molecule has 0 aliphatic rings. The fraction of sp³-hybridized carbons (Fsp3) is 0.206. The Kier molecular flexibility index (Phi) is 9.39. The standard InChI is InChI=1S/C34H34N4O2S/c1-2-20-38(34(40)28-17-10-5-11-18-28)23-29-19-12-21-37(29)24-32-35-31(25-41-32)33(39)36-30(27-15-8-4-9-16-27)22-26-13-6-3-7-14-26/h3-19,21,25,30H,2,20,22-24H2,1H3,(H,36,39). The van der Waals surface area contributed by atoms with Crippen LogP contribution in [0, 0.1) is 0 Å². The first-order valence-corrected chi connectivity index (χ1v) is 14.8. The van der Waals surface area contributed by atoms with Gasteiger partial charge in [-0.05, 0) is 48.2 Å². The largest absolute Gasteiger partial charge is 0.344 e. The highest BCUT2D eigenvalue weighted by atomic mass is 32.1. The number of rotatable bonds is 12. The summed E-state index contributed by atoms with van der Waals surface area (Å²) in [7, 11) is 0. The lowest BCUT2D eigenvalue weighted by molar-refractivity contribution is 0.0739. The number of nitrogens with one attached hydrogen (secondary N) is 1. The van der Waals surface area contributed by atoms with Gasteiger partial charge < -0.3 is 14.8 Å². The summed E-state index contributed by atoms with van der Waals surface area (Å²) in [5.41, 5.74) is 4.34. The van der Waals surface area contributed by atoms with Crippen LogP contribution in [0.25, 0.3) is 0 Å². The Labute approximate surface area is 245 Å². The quantitative estimate of drug-likeness (QED) is 0.183. The van der Waals surface area contributed by atoms with Gasteiger partial charge in [0.25, 0.3) is 11.8 Å². The lowest BCUT2D eigenvalue weighted by atomic mass is 9.99. The topological polar surface area (TPSA) is 67.2 Å². The smallest absolute Gasteiger partial charge is 0.271 e. The third kappa shape index (κ3) is 7.38. The van der Waals surface area contributed by atoms with Gasteiger partial charge in [-0.3, -0.25) is 9.59 Å². The van der Waals surface area contributed by atoms with Crippen molar-refractivity contribution in [2.45, 2.75) is 38.9 Å². The van der Waals surface area contributed by atoms with Crippen LogP contribution in [0.5, 0.6) is 0 Å². The summed E-state index contributed by atoms with van der Waals surface area (Å²) in [6, 6.07) is 33.5. The second-order valence-corrected chi connectivity index (χ2v) is 10.9. The van der Waals surface area contributed by atoms with Crippen LogP contribution < -0.4 is 5.32 Å². The van der Waals surface area contributed by atoms with E-state index in [1.807, 2.05) is 107 Å². The van der Waals surface area contributed by atoms with E-state index in [-0.39, 0.29) is 17.9 Å². The number of hydrogen-bond donors (Lipinski definition) is 1. The van der Waals surface area contributed by atoms with Crippen molar-refractivity contribution in [2.75, 3.05) is 6.54 Å². The highest BCUT2D eigenvalue weighted by Gasteiger charge is 2.20. The predicted molar refractivity (Wildman–Crippen MR) is 164 cm³/mol. The summed E-state index contributed by atoms with van der Waals surface area (Å²) in [4.78, 5) is 33.1. The van der Waals surface area contributed by atoms with Gasteiger partial charge in [0.05, 0.1) is 19.1 Å². The number of carbonyl (C=O) groups is 2. The van der Waals surface area contributed by atoms with E-state index in [9.17, 15) is 9.59 Å². The van der Waals surface area contributed by atoms with Crippen molar-refractivity contribution in [3.63, 3.8) is 0 Å². The highest BCUT2D eigenvalue weighted by Crippen LogP contribution is 2.21. The molecular weight excluding hydrogens is 528 g/mol. The van der Waals surface area contributed by atoms with Crippen molar-refractivity contribution in [1.29, 1.82) is 0 Å². The van der Waals surface area contributed by atoms with Crippen molar-refractivity contribution in [3.8, 4) is 0 Å². The van der Waals surface area contributed by atoms with Gasteiger partial charge in [0.1, 0.15) is 10.7 Å². The molecule has 0 radical (unpaired) electrons. The summed E-state index contributed by atoms with van der Waals surface area (Å²) in [6.45, 7) is 3.79. The van der Waals surface area contributed by atoms with Gasteiger partial charge in [-0.25, -0.2) is 4.98 Å². The van der Waals surface area contributed by atoms with Crippen LogP contribution in [-0.4, -0.2) is 32.8 Å². The fourth-order valence-corrected chi connectivity index (χ4v) is 5.65. The van der Waals surface area contributed by atoms with E-state index in [1.165, 1.54) is 11.3 Å². The average molecular weight is 563 g/mol. The molecule has 208 valence electrons. The molecule has 0 aliphatic heterocycles. The minimum absolute atomic E-state index is 0.0249. The van der Waals surface area contributed by atoms with Crippen LogP contribution in [0.1, 0.15) is 62.1 Å². The van der Waals surface area contributed by atoms with E-state index >= 15 is 0 Å². The first-order chi connectivity index (χ1) is 20.1. The van der Waals surface area contributed by atoms with Gasteiger partial charge in [-0.2, -0.15) is 0 Å². The van der Waals surface area contributed by atoms with E-state index in [0.29, 0.717) is 37.3 Å². The summed E-state index contributed by atoms with van der Waals surface area (Å²) in [6.07, 6.45) is 3.56. The molecule has 5 rings (SSSR count). The summed E-state index contributed by atoms with van der Waals surface area (Å²) < 4.78 is 2.10. The second kappa shape index (κ2) is 13.7. The number of nitrogens with zero attached hydrogens (tertiary/aromatic N) is 3. The van der Waals surface area contributed by atoms with Gasteiger partial charge in [0, 0.05) is 29.4 Å². The number of hydrogen-bond acceptors (Lipinski definition) is 4. The van der Waals surface area contributed by atoms with Crippen LogP contribution in [0.15, 0.2) is 115 Å². The first kappa shape index (κ1) is 28.1. The zero-order chi connectivity index (χ0) is 28.4. The average Bonchev–Trinajstić information content (AvgIpc) is 3.67. The SMILES string of the molecule is CCCN(Cc1cccn1Cc1nc(C(=O)NC(Cc2ccccc2)c2ccccc2)cs1)C(=O)c1ccccc1. The number of thiazole rings is 1. The summed E-state index contributed by atoms with van der Waals surface area (Å²) in [5.74, 6) is -0.163. The molecule has 0 bridgehead atoms. The third-order valence-corrected chi connectivity index (χ3v) is 7.79. The van der Waals surface area contributed by atoms with Gasteiger partial charge in [-0.15, -0.1) is 11.3 Å². The maximum atomic E-state index is 13.3. The molecule has 2 amide bonds. The number of carbonyl (C=O) groups excluding carboxylic acids is 2. The molecule has 5 aromatic rings. The Morgan fingerprint density at radius 2 is 1.59 bits per heavy atom. The molecule has 2 aromatic heterocycles. The van der Waals surface area contributed by atoms with E-state index in [0.717, 1.165) is 28.2 Å². The van der Waals surface area contributed by atoms with Crippen LogP contribution in [0.4, 0.5) is 0 Å². The number of benzene rings is 3. The predicted octanol–water partition coefficient (Wildman–Crippen LogP) is 6.76. The molecule has 6 nitrogen and oxygen atoms in total. The van der Waals surface area contributed by atoms with Crippen molar-refractivity contribution in [2.24, 2.45) is 0 Å². The number of aromatic nitrogens is 2. The van der Waals surface area contributed by atoms with Crippen molar-refractivity contribution in [1.82, 2.24) is 19.8 Å². The minimum atomic E-state index is -0.187. The Bertz CT molecular complexity index is 1550. The maximum Gasteiger partial charge on any atom is 0.271 e. The molecule has 41 heavy (non-hydrogen) atoms. The van der Waals surface area contributed by atoms with Gasteiger partial charge >= 0.3 is 0 Å². The molecule has 0 fully saturated rings. The van der Waals surface area contributed by atoms with Crippen LogP contribution in [0.2, 0.25) is 0 Å². The van der Waals surface area contributed by atoms with Gasteiger partial charge in [0.2, 0.25) is 0 Å². The highest BCUT2D eigenvalue weighted by molar-refractivity contribution is 7.09. The normalized spacial score (nSPS) is 11.6. The van der Waals surface area contributed by atoms with Gasteiger partial charge in [0.15, 0.2) is 0 Å². The number of amides is 2. The Hall–Kier alpha value is -4.49. The van der Waals surface area contributed by atoms with Crippen LogP contribution in [-0.2, 0) is 19.5 Å². The van der Waals surface area contributed by atoms with Crippen molar-refractivity contribution < 1.29 is 9.59 Å². The minimum Gasteiger partial charge on any atom is -0.344 e. The van der Waals surface area contributed by atoms with Crippen LogP contribution >= 0.6 is 11.3 Å². The molecule has 7 heteroatoms. The summed E-state index contributed by atoms with van der Waals surface area (Å²) >= 11 is 1.47. The Morgan fingerprint density at radius 1 is 0.902 bits per heavy atom. The fourth-order valence-electron chi connectivity index (χ4n) is 4.88. The zero-order valence-corrected chi connectivity index (χ0v) is 24.0. The van der Waals surface area contributed by atoms with E-state index in [1.54, 1.807) is 0 Å². The summed E-state index contributed by atoms with van der Waals surface area (Å²) in [5, 5.41) is 5.86. The molecule has 0 saturated carbocycles. The lowest BCUT2D eigenvalue weighted by Gasteiger charge is -2.23. The van der Waals surface area contributed by atoms with Crippen molar-refractivity contribution in [3.05, 3.63) is 148 Å². The van der Waals surface area contributed by atoms with E-state index in [2.05, 4.69) is 33.9 Å². The molecule has 0 saturated heterocycles. The lowest BCUT2D eigenvalue weighted by Crippen LogP contribution is -2.32. The molecular formula is C34H34N4O2S. The molecule has 3 aromatic carbocycles. The Morgan fingerprint density at radius 3 is 2.29 bits per heavy atom. The van der Waals surface area contributed by atoms with Gasteiger partial charge in [-0.1, -0.05) is 85.8 Å². The first-order valence-electron chi connectivity index (χ1n) is 13.9. The monoisotopic (exact) mass is 562 g/mol. The maximum absolute atomic E-state index is 13.3. The molecule has 0 spiro atoms. The zero-order valence-electron chi connectivity index (χ0n) is 23.1. The third-order valence-electron chi connectivity index (χ3n) is 6.96. The van der Waals surface area contributed by atoms with E-state index < -0.39 is 0 Å². The molecule has 1 N–H and O–H groups in total. The van der Waals surface area contributed by atoms with Crippen molar-refractivity contribution >= 4 is 23.2 Å². The molecule has 2 heterocycles. The molecule has 1 atom stereocenters. The Balaban J connectivity index is 1.27. The van der Waals surface area contributed by atoms with Crippen LogP contribution in [0.3, 0.4) is 0 Å². The molecule has 0 aliphatic carbocycles. The second-order valence-electron chi connectivity index (χ2n) is 9.97. The molecule has 1 unspecified atom stereocenters.